The maximum absolute atomic E-state index is 6.41. The van der Waals surface area contributed by atoms with Gasteiger partial charge in [-0.2, -0.15) is 0 Å². The molecular weight excluding hydrogens is 256 g/mol. The van der Waals surface area contributed by atoms with E-state index in [0.717, 1.165) is 18.0 Å². The lowest BCUT2D eigenvalue weighted by molar-refractivity contribution is 0.150. The van der Waals surface area contributed by atoms with Crippen LogP contribution in [0.2, 0.25) is 5.02 Å². The van der Waals surface area contributed by atoms with E-state index in [9.17, 15) is 0 Å². The van der Waals surface area contributed by atoms with Crippen LogP contribution in [0.4, 0.5) is 0 Å². The summed E-state index contributed by atoms with van der Waals surface area (Å²) in [5, 5.41) is 0.846. The lowest BCUT2D eigenvalue weighted by Gasteiger charge is -2.37. The van der Waals surface area contributed by atoms with Crippen molar-refractivity contribution >= 4 is 11.6 Å². The van der Waals surface area contributed by atoms with Gasteiger partial charge in [0.2, 0.25) is 0 Å². The first kappa shape index (κ1) is 14.8. The lowest BCUT2D eigenvalue weighted by atomic mass is 9.95. The Morgan fingerprint density at radius 2 is 2.11 bits per heavy atom. The van der Waals surface area contributed by atoms with Gasteiger partial charge in [0.15, 0.2) is 0 Å². The molecule has 1 saturated heterocycles. The summed E-state index contributed by atoms with van der Waals surface area (Å²) in [6, 6.07) is 9.21. The Morgan fingerprint density at radius 3 is 2.74 bits per heavy atom. The first-order chi connectivity index (χ1) is 9.19. The van der Waals surface area contributed by atoms with Crippen LogP contribution in [0.25, 0.3) is 0 Å². The van der Waals surface area contributed by atoms with E-state index < -0.39 is 0 Å². The fourth-order valence-corrected chi connectivity index (χ4v) is 3.50. The molecule has 1 aromatic carbocycles. The average Bonchev–Trinajstić information content (AvgIpc) is 2.89. The molecule has 19 heavy (non-hydrogen) atoms. The van der Waals surface area contributed by atoms with Gasteiger partial charge in [-0.25, -0.2) is 0 Å². The van der Waals surface area contributed by atoms with Crippen LogP contribution in [0.5, 0.6) is 0 Å². The van der Waals surface area contributed by atoms with Crippen molar-refractivity contribution in [1.29, 1.82) is 0 Å². The highest BCUT2D eigenvalue weighted by Gasteiger charge is 2.34. The zero-order valence-corrected chi connectivity index (χ0v) is 12.7. The molecule has 3 heteroatoms. The molecule has 2 N–H and O–H groups in total. The third-order valence-electron chi connectivity index (χ3n) is 4.35. The molecule has 1 fully saturated rings. The Labute approximate surface area is 121 Å². The first-order valence-electron chi connectivity index (χ1n) is 7.44. The van der Waals surface area contributed by atoms with E-state index in [0.29, 0.717) is 6.04 Å². The molecule has 0 amide bonds. The van der Waals surface area contributed by atoms with Crippen LogP contribution in [0.3, 0.4) is 0 Å². The van der Waals surface area contributed by atoms with Gasteiger partial charge in [-0.3, -0.25) is 4.90 Å². The topological polar surface area (TPSA) is 29.3 Å². The summed E-state index contributed by atoms with van der Waals surface area (Å²) in [6.07, 6.45) is 4.73. The molecule has 0 saturated carbocycles. The van der Waals surface area contributed by atoms with E-state index in [-0.39, 0.29) is 12.1 Å². The highest BCUT2D eigenvalue weighted by Crippen LogP contribution is 2.36. The van der Waals surface area contributed by atoms with Crippen LogP contribution in [-0.4, -0.2) is 23.5 Å². The Balaban J connectivity index is 2.33. The molecular formula is C16H25ClN2. The van der Waals surface area contributed by atoms with Gasteiger partial charge < -0.3 is 5.73 Å². The smallest absolute Gasteiger partial charge is 0.0516 e. The Kier molecular flexibility index (Phi) is 5.26. The first-order valence-corrected chi connectivity index (χ1v) is 7.82. The zero-order valence-electron chi connectivity index (χ0n) is 12.0. The number of benzene rings is 1. The molecule has 1 heterocycles. The van der Waals surface area contributed by atoms with Crippen molar-refractivity contribution in [2.45, 2.75) is 57.7 Å². The SMILES string of the molecule is CCC(N)C(c1ccccc1Cl)N1CCCC1CC. The molecule has 0 spiro atoms. The number of halogens is 1. The molecule has 2 rings (SSSR count). The average molecular weight is 281 g/mol. The third kappa shape index (κ3) is 3.13. The molecule has 0 aliphatic carbocycles. The van der Waals surface area contributed by atoms with Crippen molar-refractivity contribution in [3.8, 4) is 0 Å². The van der Waals surface area contributed by atoms with Crippen molar-refractivity contribution in [1.82, 2.24) is 4.90 Å². The van der Waals surface area contributed by atoms with E-state index >= 15 is 0 Å². The van der Waals surface area contributed by atoms with Crippen LogP contribution in [0.1, 0.15) is 51.1 Å². The molecule has 1 aromatic rings. The molecule has 106 valence electrons. The second-order valence-electron chi connectivity index (χ2n) is 5.48. The highest BCUT2D eigenvalue weighted by molar-refractivity contribution is 6.31. The van der Waals surface area contributed by atoms with E-state index in [1.54, 1.807) is 0 Å². The largest absolute Gasteiger partial charge is 0.326 e. The van der Waals surface area contributed by atoms with Crippen molar-refractivity contribution < 1.29 is 0 Å². The minimum absolute atomic E-state index is 0.145. The van der Waals surface area contributed by atoms with Gasteiger partial charge in [0, 0.05) is 17.1 Å². The minimum Gasteiger partial charge on any atom is -0.326 e. The van der Waals surface area contributed by atoms with E-state index in [4.69, 9.17) is 17.3 Å². The lowest BCUT2D eigenvalue weighted by Crippen LogP contribution is -2.43. The monoisotopic (exact) mass is 280 g/mol. The van der Waals surface area contributed by atoms with Gasteiger partial charge in [-0.1, -0.05) is 43.6 Å². The fraction of sp³-hybridized carbons (Fsp3) is 0.625. The van der Waals surface area contributed by atoms with Crippen LogP contribution in [-0.2, 0) is 0 Å². The number of hydrogen-bond donors (Lipinski definition) is 1. The Hall–Kier alpha value is -0.570. The Bertz CT molecular complexity index is 407. The highest BCUT2D eigenvalue weighted by atomic mass is 35.5. The molecule has 1 aliphatic heterocycles. The Morgan fingerprint density at radius 1 is 1.37 bits per heavy atom. The normalized spacial score (nSPS) is 23.5. The second kappa shape index (κ2) is 6.74. The summed E-state index contributed by atoms with van der Waals surface area (Å²) in [7, 11) is 0. The predicted molar refractivity (Wildman–Crippen MR) is 82.5 cm³/mol. The summed E-state index contributed by atoms with van der Waals surface area (Å²) >= 11 is 6.41. The summed E-state index contributed by atoms with van der Waals surface area (Å²) in [5.41, 5.74) is 7.61. The molecule has 3 unspecified atom stereocenters. The van der Waals surface area contributed by atoms with Crippen LogP contribution >= 0.6 is 11.6 Å². The van der Waals surface area contributed by atoms with Gasteiger partial charge in [0.25, 0.3) is 0 Å². The van der Waals surface area contributed by atoms with Crippen molar-refractivity contribution in [2.24, 2.45) is 5.73 Å². The number of nitrogens with two attached hydrogens (primary N) is 1. The maximum Gasteiger partial charge on any atom is 0.0516 e. The minimum atomic E-state index is 0.145. The van der Waals surface area contributed by atoms with Gasteiger partial charge in [0.1, 0.15) is 0 Å². The zero-order chi connectivity index (χ0) is 13.8. The van der Waals surface area contributed by atoms with Crippen molar-refractivity contribution in [3.05, 3.63) is 34.9 Å². The number of likely N-dealkylation sites (tertiary alicyclic amines) is 1. The van der Waals surface area contributed by atoms with E-state index in [2.05, 4.69) is 30.9 Å². The van der Waals surface area contributed by atoms with E-state index in [1.807, 2.05) is 12.1 Å². The molecule has 2 nitrogen and oxygen atoms in total. The summed E-state index contributed by atoms with van der Waals surface area (Å²) in [4.78, 5) is 2.58. The third-order valence-corrected chi connectivity index (χ3v) is 4.70. The van der Waals surface area contributed by atoms with Crippen LogP contribution < -0.4 is 5.73 Å². The quantitative estimate of drug-likeness (QED) is 0.883. The molecule has 0 radical (unpaired) electrons. The van der Waals surface area contributed by atoms with Crippen molar-refractivity contribution in [3.63, 3.8) is 0 Å². The van der Waals surface area contributed by atoms with Gasteiger partial charge >= 0.3 is 0 Å². The van der Waals surface area contributed by atoms with Gasteiger partial charge in [0.05, 0.1) is 6.04 Å². The molecule has 0 bridgehead atoms. The summed E-state index contributed by atoms with van der Waals surface area (Å²) in [5.74, 6) is 0. The number of nitrogens with zero attached hydrogens (tertiary/aromatic N) is 1. The van der Waals surface area contributed by atoms with Gasteiger partial charge in [-0.05, 0) is 43.9 Å². The fourth-order valence-electron chi connectivity index (χ4n) is 3.26. The molecule has 1 aliphatic rings. The maximum atomic E-state index is 6.41. The van der Waals surface area contributed by atoms with Crippen LogP contribution in [0, 0.1) is 0 Å². The predicted octanol–water partition coefficient (Wildman–Crippen LogP) is 3.99. The standard InChI is InChI=1S/C16H25ClN2/c1-3-12-8-7-11-19(12)16(15(18)4-2)13-9-5-6-10-14(13)17/h5-6,9-10,12,15-16H,3-4,7-8,11,18H2,1-2H3. The number of hydrogen-bond acceptors (Lipinski definition) is 2. The molecule has 3 atom stereocenters. The summed E-state index contributed by atoms with van der Waals surface area (Å²) < 4.78 is 0. The molecule has 0 aromatic heterocycles. The van der Waals surface area contributed by atoms with Crippen LogP contribution in [0.15, 0.2) is 24.3 Å². The van der Waals surface area contributed by atoms with E-state index in [1.165, 1.54) is 24.8 Å². The summed E-state index contributed by atoms with van der Waals surface area (Å²) in [6.45, 7) is 5.57. The van der Waals surface area contributed by atoms with Crippen molar-refractivity contribution in [2.75, 3.05) is 6.54 Å². The second-order valence-corrected chi connectivity index (χ2v) is 5.89. The number of rotatable bonds is 5. The van der Waals surface area contributed by atoms with Gasteiger partial charge in [-0.15, -0.1) is 0 Å².